The SMILES string of the molecule is CCN(CC(=O)OC)C(=O)n1ccnc1. The van der Waals surface area contributed by atoms with Crippen LogP contribution in [0.4, 0.5) is 4.79 Å². The van der Waals surface area contributed by atoms with Gasteiger partial charge in [0.25, 0.3) is 0 Å². The molecule has 0 aliphatic rings. The van der Waals surface area contributed by atoms with E-state index in [1.807, 2.05) is 0 Å². The fraction of sp³-hybridized carbons (Fsp3) is 0.444. The molecule has 15 heavy (non-hydrogen) atoms. The van der Waals surface area contributed by atoms with Crippen molar-refractivity contribution >= 4 is 12.0 Å². The third-order valence-electron chi connectivity index (χ3n) is 1.93. The Morgan fingerprint density at radius 1 is 1.53 bits per heavy atom. The van der Waals surface area contributed by atoms with E-state index in [1.165, 1.54) is 35.3 Å². The van der Waals surface area contributed by atoms with Gasteiger partial charge in [0.1, 0.15) is 12.9 Å². The lowest BCUT2D eigenvalue weighted by molar-refractivity contribution is -0.141. The summed E-state index contributed by atoms with van der Waals surface area (Å²) in [7, 11) is 1.29. The van der Waals surface area contributed by atoms with Crippen LogP contribution in [-0.4, -0.2) is 46.7 Å². The lowest BCUT2D eigenvalue weighted by Gasteiger charge is -2.18. The molecule has 0 aromatic carbocycles. The molecular formula is C9H13N3O3. The zero-order chi connectivity index (χ0) is 11.3. The van der Waals surface area contributed by atoms with Gasteiger partial charge >= 0.3 is 12.0 Å². The molecule has 1 heterocycles. The van der Waals surface area contributed by atoms with Gasteiger partial charge in [-0.2, -0.15) is 0 Å². The normalized spacial score (nSPS) is 9.73. The summed E-state index contributed by atoms with van der Waals surface area (Å²) in [6.45, 7) is 2.17. The average Bonchev–Trinajstić information content (AvgIpc) is 2.77. The van der Waals surface area contributed by atoms with Crippen LogP contribution in [0.1, 0.15) is 6.92 Å². The highest BCUT2D eigenvalue weighted by atomic mass is 16.5. The van der Waals surface area contributed by atoms with Gasteiger partial charge in [0.2, 0.25) is 0 Å². The van der Waals surface area contributed by atoms with Gasteiger partial charge in [-0.3, -0.25) is 9.36 Å². The van der Waals surface area contributed by atoms with Crippen LogP contribution in [0.5, 0.6) is 0 Å². The number of methoxy groups -OCH3 is 1. The third kappa shape index (κ3) is 2.80. The van der Waals surface area contributed by atoms with Crippen molar-refractivity contribution < 1.29 is 14.3 Å². The smallest absolute Gasteiger partial charge is 0.329 e. The Kier molecular flexibility index (Phi) is 3.84. The molecule has 0 fully saturated rings. The van der Waals surface area contributed by atoms with Crippen molar-refractivity contribution in [2.24, 2.45) is 0 Å². The first-order valence-corrected chi connectivity index (χ1v) is 4.53. The summed E-state index contributed by atoms with van der Waals surface area (Å²) in [6.07, 6.45) is 4.43. The Labute approximate surface area is 87.5 Å². The fourth-order valence-electron chi connectivity index (χ4n) is 1.07. The predicted molar refractivity (Wildman–Crippen MR) is 52.3 cm³/mol. The Morgan fingerprint density at radius 3 is 2.73 bits per heavy atom. The summed E-state index contributed by atoms with van der Waals surface area (Å²) >= 11 is 0. The predicted octanol–water partition coefficient (Wildman–Crippen LogP) is 0.346. The number of likely N-dealkylation sites (N-methyl/N-ethyl adjacent to an activating group) is 1. The van der Waals surface area contributed by atoms with E-state index in [1.54, 1.807) is 6.92 Å². The molecule has 0 saturated heterocycles. The van der Waals surface area contributed by atoms with Gasteiger partial charge < -0.3 is 9.64 Å². The summed E-state index contributed by atoms with van der Waals surface area (Å²) in [5.74, 6) is -0.440. The van der Waals surface area contributed by atoms with Crippen molar-refractivity contribution in [2.45, 2.75) is 6.92 Å². The van der Waals surface area contributed by atoms with Crippen LogP contribution in [-0.2, 0) is 9.53 Å². The van der Waals surface area contributed by atoms with E-state index in [0.29, 0.717) is 6.54 Å². The van der Waals surface area contributed by atoms with Crippen molar-refractivity contribution in [1.29, 1.82) is 0 Å². The summed E-state index contributed by atoms with van der Waals surface area (Å²) in [5, 5.41) is 0. The zero-order valence-corrected chi connectivity index (χ0v) is 8.71. The van der Waals surface area contributed by atoms with Crippen molar-refractivity contribution in [3.8, 4) is 0 Å². The van der Waals surface area contributed by atoms with Crippen molar-refractivity contribution in [3.05, 3.63) is 18.7 Å². The van der Waals surface area contributed by atoms with Crippen molar-refractivity contribution in [1.82, 2.24) is 14.5 Å². The fourth-order valence-corrected chi connectivity index (χ4v) is 1.07. The summed E-state index contributed by atoms with van der Waals surface area (Å²) in [4.78, 5) is 27.9. The maximum absolute atomic E-state index is 11.7. The van der Waals surface area contributed by atoms with E-state index < -0.39 is 5.97 Å². The van der Waals surface area contributed by atoms with E-state index >= 15 is 0 Å². The second-order valence-corrected chi connectivity index (χ2v) is 2.84. The zero-order valence-electron chi connectivity index (χ0n) is 8.71. The average molecular weight is 211 g/mol. The van der Waals surface area contributed by atoms with E-state index in [4.69, 9.17) is 0 Å². The number of nitrogens with zero attached hydrogens (tertiary/aromatic N) is 3. The van der Waals surface area contributed by atoms with Crippen LogP contribution in [0.25, 0.3) is 0 Å². The molecule has 0 unspecified atom stereocenters. The van der Waals surface area contributed by atoms with Crippen LogP contribution >= 0.6 is 0 Å². The number of rotatable bonds is 3. The molecular weight excluding hydrogens is 198 g/mol. The maximum atomic E-state index is 11.7. The van der Waals surface area contributed by atoms with Gasteiger partial charge in [-0.25, -0.2) is 9.78 Å². The highest BCUT2D eigenvalue weighted by Crippen LogP contribution is 1.96. The standard InChI is InChI=1S/C9H13N3O3/c1-3-11(6-8(13)15-2)9(14)12-5-4-10-7-12/h4-5,7H,3,6H2,1-2H3. The van der Waals surface area contributed by atoms with Gasteiger partial charge in [-0.05, 0) is 6.92 Å². The Bertz CT molecular complexity index is 334. The van der Waals surface area contributed by atoms with E-state index in [-0.39, 0.29) is 12.6 Å². The molecule has 0 aliphatic carbocycles. The minimum absolute atomic E-state index is 0.0516. The van der Waals surface area contributed by atoms with E-state index in [9.17, 15) is 9.59 Å². The largest absolute Gasteiger partial charge is 0.468 e. The number of aromatic nitrogens is 2. The second-order valence-electron chi connectivity index (χ2n) is 2.84. The number of hydrogen-bond acceptors (Lipinski definition) is 4. The van der Waals surface area contributed by atoms with E-state index in [0.717, 1.165) is 0 Å². The van der Waals surface area contributed by atoms with Gasteiger partial charge in [0, 0.05) is 18.9 Å². The van der Waals surface area contributed by atoms with Crippen molar-refractivity contribution in [3.63, 3.8) is 0 Å². The molecule has 1 aromatic heterocycles. The summed E-state index contributed by atoms with van der Waals surface area (Å²) < 4.78 is 5.80. The molecule has 0 spiro atoms. The number of amides is 1. The first-order valence-electron chi connectivity index (χ1n) is 4.53. The molecule has 6 nitrogen and oxygen atoms in total. The molecule has 1 amide bonds. The van der Waals surface area contributed by atoms with Crippen LogP contribution in [0.2, 0.25) is 0 Å². The quantitative estimate of drug-likeness (QED) is 0.676. The number of esters is 1. The number of carbonyl (C=O) groups excluding carboxylic acids is 2. The molecule has 0 N–H and O–H groups in total. The molecule has 0 saturated carbocycles. The minimum atomic E-state index is -0.440. The van der Waals surface area contributed by atoms with Gasteiger partial charge in [0.15, 0.2) is 0 Å². The molecule has 0 aliphatic heterocycles. The van der Waals surface area contributed by atoms with Gasteiger partial charge in [-0.15, -0.1) is 0 Å². The van der Waals surface area contributed by atoms with Crippen LogP contribution < -0.4 is 0 Å². The van der Waals surface area contributed by atoms with E-state index in [2.05, 4.69) is 9.72 Å². The Hall–Kier alpha value is -1.85. The summed E-state index contributed by atoms with van der Waals surface area (Å²) in [6, 6.07) is -0.291. The highest BCUT2D eigenvalue weighted by molar-refractivity contribution is 5.82. The maximum Gasteiger partial charge on any atom is 0.329 e. The first-order chi connectivity index (χ1) is 7.19. The number of ether oxygens (including phenoxy) is 1. The highest BCUT2D eigenvalue weighted by Gasteiger charge is 2.16. The molecule has 6 heteroatoms. The number of hydrogen-bond donors (Lipinski definition) is 0. The molecule has 82 valence electrons. The lowest BCUT2D eigenvalue weighted by Crippen LogP contribution is -2.38. The molecule has 1 aromatic rings. The van der Waals surface area contributed by atoms with Gasteiger partial charge in [0.05, 0.1) is 7.11 Å². The van der Waals surface area contributed by atoms with Crippen LogP contribution in [0, 0.1) is 0 Å². The second kappa shape index (κ2) is 5.14. The molecule has 0 bridgehead atoms. The molecule has 0 atom stereocenters. The Balaban J connectivity index is 2.67. The molecule has 1 rings (SSSR count). The minimum Gasteiger partial charge on any atom is -0.468 e. The lowest BCUT2D eigenvalue weighted by atomic mass is 10.5. The number of imidazole rings is 1. The first kappa shape index (κ1) is 11.2. The summed E-state index contributed by atoms with van der Waals surface area (Å²) in [5.41, 5.74) is 0. The number of carbonyl (C=O) groups is 2. The Morgan fingerprint density at radius 2 is 2.27 bits per heavy atom. The monoisotopic (exact) mass is 211 g/mol. The van der Waals surface area contributed by atoms with Crippen LogP contribution in [0.15, 0.2) is 18.7 Å². The van der Waals surface area contributed by atoms with Crippen molar-refractivity contribution in [2.75, 3.05) is 20.2 Å². The third-order valence-corrected chi connectivity index (χ3v) is 1.93. The topological polar surface area (TPSA) is 64.4 Å². The van der Waals surface area contributed by atoms with Gasteiger partial charge in [-0.1, -0.05) is 0 Å². The molecule has 0 radical (unpaired) electrons. The van der Waals surface area contributed by atoms with Crippen LogP contribution in [0.3, 0.4) is 0 Å².